The lowest BCUT2D eigenvalue weighted by molar-refractivity contribution is -0.0518. The van der Waals surface area contributed by atoms with Gasteiger partial charge in [0.25, 0.3) is 5.56 Å². The molecule has 21 heavy (non-hydrogen) atoms. The van der Waals surface area contributed by atoms with Crippen molar-refractivity contribution in [2.75, 3.05) is 27.4 Å². The number of H-pyrrole nitrogens is 1. The third-order valence-electron chi connectivity index (χ3n) is 4.07. The molecule has 118 valence electrons. The summed E-state index contributed by atoms with van der Waals surface area (Å²) in [5.41, 5.74) is 0.192. The molecule has 1 aromatic heterocycles. The van der Waals surface area contributed by atoms with E-state index < -0.39 is 5.60 Å². The van der Waals surface area contributed by atoms with Crippen LogP contribution in [0.4, 0.5) is 0 Å². The van der Waals surface area contributed by atoms with Crippen LogP contribution in [0, 0.1) is 0 Å². The summed E-state index contributed by atoms with van der Waals surface area (Å²) in [5, 5.41) is 3.21. The lowest BCUT2D eigenvalue weighted by Crippen LogP contribution is -2.36. The lowest BCUT2D eigenvalue weighted by atomic mass is 9.84. The van der Waals surface area contributed by atoms with E-state index in [9.17, 15) is 4.79 Å². The van der Waals surface area contributed by atoms with Crippen LogP contribution >= 0.6 is 0 Å². The molecule has 1 fully saturated rings. The second kappa shape index (κ2) is 7.68. The highest BCUT2D eigenvalue weighted by molar-refractivity contribution is 5.10. The highest BCUT2D eigenvalue weighted by atomic mass is 16.5. The second-order valence-corrected chi connectivity index (χ2v) is 5.51. The Bertz CT molecular complexity index is 495. The van der Waals surface area contributed by atoms with Crippen molar-refractivity contribution in [2.45, 2.75) is 44.2 Å². The van der Waals surface area contributed by atoms with Gasteiger partial charge >= 0.3 is 0 Å². The largest absolute Gasteiger partial charge is 0.383 e. The van der Waals surface area contributed by atoms with Crippen molar-refractivity contribution in [3.8, 4) is 0 Å². The molecule has 1 aliphatic carbocycles. The maximum Gasteiger partial charge on any atom is 0.251 e. The Hall–Kier alpha value is -1.24. The zero-order valence-corrected chi connectivity index (χ0v) is 12.9. The molecule has 6 nitrogen and oxygen atoms in total. The number of ether oxygens (including phenoxy) is 2. The Morgan fingerprint density at radius 3 is 2.76 bits per heavy atom. The van der Waals surface area contributed by atoms with E-state index in [-0.39, 0.29) is 5.56 Å². The van der Waals surface area contributed by atoms with Gasteiger partial charge in [0.1, 0.15) is 11.4 Å². The van der Waals surface area contributed by atoms with Crippen LogP contribution in [0.25, 0.3) is 0 Å². The van der Waals surface area contributed by atoms with Crippen molar-refractivity contribution in [1.82, 2.24) is 15.3 Å². The van der Waals surface area contributed by atoms with Crippen LogP contribution in [0.2, 0.25) is 0 Å². The zero-order valence-electron chi connectivity index (χ0n) is 12.9. The van der Waals surface area contributed by atoms with Crippen molar-refractivity contribution in [1.29, 1.82) is 0 Å². The summed E-state index contributed by atoms with van der Waals surface area (Å²) in [4.78, 5) is 19.4. The molecule has 0 aliphatic heterocycles. The smallest absolute Gasteiger partial charge is 0.251 e. The third kappa shape index (κ3) is 4.12. The van der Waals surface area contributed by atoms with Gasteiger partial charge in [-0.15, -0.1) is 0 Å². The van der Waals surface area contributed by atoms with E-state index in [0.717, 1.165) is 37.9 Å². The summed E-state index contributed by atoms with van der Waals surface area (Å²) in [7, 11) is 3.37. The van der Waals surface area contributed by atoms with Gasteiger partial charge in [0.2, 0.25) is 0 Å². The average molecular weight is 295 g/mol. The maximum absolute atomic E-state index is 11.9. The molecule has 1 saturated carbocycles. The molecule has 0 unspecified atom stereocenters. The maximum atomic E-state index is 11.9. The molecule has 2 N–H and O–H groups in total. The fourth-order valence-corrected chi connectivity index (χ4v) is 2.87. The fourth-order valence-electron chi connectivity index (χ4n) is 2.87. The van der Waals surface area contributed by atoms with Crippen LogP contribution in [-0.2, 0) is 21.6 Å². The summed E-state index contributed by atoms with van der Waals surface area (Å²) in [5.74, 6) is 0.667. The Morgan fingerprint density at radius 1 is 1.33 bits per heavy atom. The normalized spacial score (nSPS) is 17.8. The molecule has 0 saturated heterocycles. The van der Waals surface area contributed by atoms with Crippen molar-refractivity contribution in [3.05, 3.63) is 27.9 Å². The number of nitrogens with one attached hydrogen (secondary N) is 2. The van der Waals surface area contributed by atoms with Crippen molar-refractivity contribution in [2.24, 2.45) is 0 Å². The lowest BCUT2D eigenvalue weighted by Gasteiger charge is -2.34. The van der Waals surface area contributed by atoms with Crippen LogP contribution < -0.4 is 10.9 Å². The number of nitrogens with zero attached hydrogens (tertiary/aromatic N) is 1. The predicted octanol–water partition coefficient (Wildman–Crippen LogP) is 1.31. The standard InChI is InChI=1S/C15H25N3O3/c1-20-9-8-16-11-12-10-13(19)18-14(17-12)15(21-2)6-4-3-5-7-15/h10,16H,3-9,11H2,1-2H3,(H,17,18,19). The van der Waals surface area contributed by atoms with E-state index in [1.165, 1.54) is 12.5 Å². The van der Waals surface area contributed by atoms with Gasteiger partial charge in [-0.3, -0.25) is 4.79 Å². The molecule has 0 atom stereocenters. The fraction of sp³-hybridized carbons (Fsp3) is 0.733. The van der Waals surface area contributed by atoms with Crippen LogP contribution in [-0.4, -0.2) is 37.3 Å². The van der Waals surface area contributed by atoms with E-state index in [0.29, 0.717) is 19.0 Å². The average Bonchev–Trinajstić information content (AvgIpc) is 2.52. The van der Waals surface area contributed by atoms with E-state index in [1.807, 2.05) is 0 Å². The quantitative estimate of drug-likeness (QED) is 0.742. The summed E-state index contributed by atoms with van der Waals surface area (Å²) in [6.07, 6.45) is 5.25. The zero-order chi connectivity index (χ0) is 15.1. The first-order chi connectivity index (χ1) is 10.2. The molecule has 0 spiro atoms. The van der Waals surface area contributed by atoms with E-state index in [1.54, 1.807) is 14.2 Å². The minimum atomic E-state index is -0.431. The summed E-state index contributed by atoms with van der Waals surface area (Å²) in [6.45, 7) is 1.92. The number of aromatic nitrogens is 2. The summed E-state index contributed by atoms with van der Waals surface area (Å²) >= 11 is 0. The minimum Gasteiger partial charge on any atom is -0.383 e. The molecular formula is C15H25N3O3. The molecule has 2 rings (SSSR count). The van der Waals surface area contributed by atoms with Crippen molar-refractivity contribution >= 4 is 0 Å². The topological polar surface area (TPSA) is 76.2 Å². The molecule has 0 radical (unpaired) electrons. The second-order valence-electron chi connectivity index (χ2n) is 5.51. The molecule has 1 aliphatic rings. The van der Waals surface area contributed by atoms with E-state index in [2.05, 4.69) is 15.3 Å². The Labute approximate surface area is 125 Å². The van der Waals surface area contributed by atoms with Gasteiger partial charge in [-0.05, 0) is 12.8 Å². The summed E-state index contributed by atoms with van der Waals surface area (Å²) < 4.78 is 10.7. The first-order valence-corrected chi connectivity index (χ1v) is 7.56. The number of hydrogen-bond donors (Lipinski definition) is 2. The highest BCUT2D eigenvalue weighted by Crippen LogP contribution is 2.37. The molecule has 6 heteroatoms. The first-order valence-electron chi connectivity index (χ1n) is 7.56. The molecular weight excluding hydrogens is 270 g/mol. The molecule has 1 heterocycles. The third-order valence-corrected chi connectivity index (χ3v) is 4.07. The summed E-state index contributed by atoms with van der Waals surface area (Å²) in [6, 6.07) is 1.54. The molecule has 0 amide bonds. The highest BCUT2D eigenvalue weighted by Gasteiger charge is 2.36. The monoisotopic (exact) mass is 295 g/mol. The Kier molecular flexibility index (Phi) is 5.90. The molecule has 0 bridgehead atoms. The van der Waals surface area contributed by atoms with Gasteiger partial charge in [0, 0.05) is 33.4 Å². The minimum absolute atomic E-state index is 0.120. The number of aromatic amines is 1. The van der Waals surface area contributed by atoms with Gasteiger partial charge in [0.15, 0.2) is 0 Å². The van der Waals surface area contributed by atoms with Crippen LogP contribution in [0.5, 0.6) is 0 Å². The number of methoxy groups -OCH3 is 2. The van der Waals surface area contributed by atoms with Crippen LogP contribution in [0.15, 0.2) is 10.9 Å². The van der Waals surface area contributed by atoms with Gasteiger partial charge in [0.05, 0.1) is 12.3 Å². The van der Waals surface area contributed by atoms with Crippen molar-refractivity contribution in [3.63, 3.8) is 0 Å². The van der Waals surface area contributed by atoms with Gasteiger partial charge in [-0.25, -0.2) is 4.98 Å². The van der Waals surface area contributed by atoms with E-state index in [4.69, 9.17) is 9.47 Å². The SMILES string of the molecule is COCCNCc1cc(=O)[nH]c(C2(OC)CCCCC2)n1. The van der Waals surface area contributed by atoms with Gasteiger partial charge in [-0.1, -0.05) is 19.3 Å². The molecule has 1 aromatic rings. The first kappa shape index (κ1) is 16.1. The van der Waals surface area contributed by atoms with Crippen molar-refractivity contribution < 1.29 is 9.47 Å². The van der Waals surface area contributed by atoms with Gasteiger partial charge < -0.3 is 19.8 Å². The van der Waals surface area contributed by atoms with Gasteiger partial charge in [-0.2, -0.15) is 0 Å². The molecule has 0 aromatic carbocycles. The Morgan fingerprint density at radius 2 is 2.10 bits per heavy atom. The Balaban J connectivity index is 2.15. The number of hydrogen-bond acceptors (Lipinski definition) is 5. The van der Waals surface area contributed by atoms with Crippen LogP contribution in [0.3, 0.4) is 0 Å². The number of rotatable bonds is 7. The van der Waals surface area contributed by atoms with Crippen LogP contribution in [0.1, 0.15) is 43.6 Å². The predicted molar refractivity (Wildman–Crippen MR) is 80.2 cm³/mol. The van der Waals surface area contributed by atoms with E-state index >= 15 is 0 Å².